The molecule has 0 radical (unpaired) electrons. The van der Waals surface area contributed by atoms with Crippen LogP contribution in [0.5, 0.6) is 0 Å². The van der Waals surface area contributed by atoms with Crippen LogP contribution in [0.4, 0.5) is 5.13 Å². The van der Waals surface area contributed by atoms with Gasteiger partial charge in [0.2, 0.25) is 0 Å². The summed E-state index contributed by atoms with van der Waals surface area (Å²) >= 11 is 5.28. The predicted octanol–water partition coefficient (Wildman–Crippen LogP) is 3.92. The predicted molar refractivity (Wildman–Crippen MR) is 119 cm³/mol. The van der Waals surface area contributed by atoms with E-state index in [1.807, 2.05) is 37.3 Å². The van der Waals surface area contributed by atoms with Crippen LogP contribution in [0.2, 0.25) is 0 Å². The Morgan fingerprint density at radius 2 is 1.89 bits per heavy atom. The van der Waals surface area contributed by atoms with Crippen molar-refractivity contribution < 1.29 is 4.79 Å². The molecule has 7 heteroatoms. The second-order valence-corrected chi connectivity index (χ2v) is 8.98. The summed E-state index contributed by atoms with van der Waals surface area (Å²) in [4.78, 5) is 21.7. The van der Waals surface area contributed by atoms with Crippen LogP contribution in [0, 0.1) is 6.92 Å². The van der Waals surface area contributed by atoms with Crippen molar-refractivity contribution in [1.29, 1.82) is 0 Å². The van der Waals surface area contributed by atoms with E-state index in [0.717, 1.165) is 59.0 Å². The number of carbonyl (C=O) groups is 1. The summed E-state index contributed by atoms with van der Waals surface area (Å²) in [5.41, 5.74) is 2.94. The number of nitrogens with one attached hydrogen (secondary N) is 1. The number of halogens is 1. The average Bonchev–Trinajstić information content (AvgIpc) is 3.12. The maximum absolute atomic E-state index is 12.2. The largest absolute Gasteiger partial charge is 0.351 e. The van der Waals surface area contributed by atoms with E-state index >= 15 is 0 Å². The highest BCUT2D eigenvalue weighted by molar-refractivity contribution is 9.10. The van der Waals surface area contributed by atoms with Gasteiger partial charge in [0, 0.05) is 49.3 Å². The first-order valence-electron chi connectivity index (χ1n) is 9.47. The first kappa shape index (κ1) is 19.4. The van der Waals surface area contributed by atoms with Crippen molar-refractivity contribution in [2.45, 2.75) is 6.92 Å². The molecule has 5 nitrogen and oxygen atoms in total. The number of fused-ring (bicyclic) bond motifs is 1. The van der Waals surface area contributed by atoms with Gasteiger partial charge in [-0.05, 0) is 37.3 Å². The zero-order valence-electron chi connectivity index (χ0n) is 15.8. The number of thiazole rings is 1. The smallest absolute Gasteiger partial charge is 0.251 e. The highest BCUT2D eigenvalue weighted by atomic mass is 79.9. The molecule has 0 aliphatic carbocycles. The molecule has 0 saturated carbocycles. The summed E-state index contributed by atoms with van der Waals surface area (Å²) < 4.78 is 2.30. The molecular weight excluding hydrogens is 436 g/mol. The topological polar surface area (TPSA) is 48.5 Å². The fourth-order valence-electron chi connectivity index (χ4n) is 3.32. The molecule has 0 atom stereocenters. The highest BCUT2D eigenvalue weighted by Crippen LogP contribution is 2.31. The van der Waals surface area contributed by atoms with Crippen LogP contribution >= 0.6 is 27.3 Å². The number of aromatic nitrogens is 1. The van der Waals surface area contributed by atoms with Crippen molar-refractivity contribution in [1.82, 2.24) is 15.2 Å². The van der Waals surface area contributed by atoms with Gasteiger partial charge < -0.3 is 10.2 Å². The van der Waals surface area contributed by atoms with Gasteiger partial charge in [-0.3, -0.25) is 9.69 Å². The van der Waals surface area contributed by atoms with Gasteiger partial charge in [0.05, 0.1) is 10.2 Å². The number of hydrogen-bond donors (Lipinski definition) is 1. The van der Waals surface area contributed by atoms with Crippen LogP contribution in [-0.4, -0.2) is 55.1 Å². The molecule has 2 heterocycles. The molecule has 3 aromatic rings. The molecule has 0 bridgehead atoms. The Kier molecular flexibility index (Phi) is 5.94. The number of carbonyl (C=O) groups excluding carboxylic acids is 1. The Bertz CT molecular complexity index is 964. The molecule has 0 unspecified atom stereocenters. The summed E-state index contributed by atoms with van der Waals surface area (Å²) in [6, 6.07) is 13.9. The van der Waals surface area contributed by atoms with Gasteiger partial charge in [-0.15, -0.1) is 0 Å². The SMILES string of the molecule is Cc1ccc(C(=O)NCCN2CCN(c3nc4ccc(Br)cc4s3)CC2)cc1. The number of nitrogens with zero attached hydrogens (tertiary/aromatic N) is 3. The third-order valence-electron chi connectivity index (χ3n) is 5.01. The Balaban J connectivity index is 1.24. The van der Waals surface area contributed by atoms with E-state index < -0.39 is 0 Å². The van der Waals surface area contributed by atoms with E-state index in [4.69, 9.17) is 4.98 Å². The fraction of sp³-hybridized carbons (Fsp3) is 0.333. The van der Waals surface area contributed by atoms with Gasteiger partial charge in [0.25, 0.3) is 5.91 Å². The standard InChI is InChI=1S/C21H23BrN4OS/c1-15-2-4-16(5-3-15)20(27)23-8-9-25-10-12-26(13-11-25)21-24-18-7-6-17(22)14-19(18)28-21/h2-7,14H,8-13H2,1H3,(H,23,27). The number of aryl methyl sites for hydroxylation is 1. The first-order chi connectivity index (χ1) is 13.6. The lowest BCUT2D eigenvalue weighted by atomic mass is 10.1. The summed E-state index contributed by atoms with van der Waals surface area (Å²) in [5.74, 6) is -0.000674. The number of hydrogen-bond acceptors (Lipinski definition) is 5. The van der Waals surface area contributed by atoms with Crippen molar-refractivity contribution >= 4 is 48.5 Å². The molecule has 146 valence electrons. The van der Waals surface area contributed by atoms with E-state index in [1.165, 1.54) is 4.70 Å². The summed E-state index contributed by atoms with van der Waals surface area (Å²) in [7, 11) is 0. The first-order valence-corrected chi connectivity index (χ1v) is 11.1. The van der Waals surface area contributed by atoms with Gasteiger partial charge in [-0.2, -0.15) is 0 Å². The number of amides is 1. The average molecular weight is 459 g/mol. The monoisotopic (exact) mass is 458 g/mol. The molecule has 0 spiro atoms. The lowest BCUT2D eigenvalue weighted by Crippen LogP contribution is -2.48. The van der Waals surface area contributed by atoms with E-state index in [-0.39, 0.29) is 5.91 Å². The van der Waals surface area contributed by atoms with Crippen LogP contribution in [-0.2, 0) is 0 Å². The molecule has 1 saturated heterocycles. The molecule has 1 amide bonds. The van der Waals surface area contributed by atoms with Crippen LogP contribution in [0.3, 0.4) is 0 Å². The van der Waals surface area contributed by atoms with E-state index in [1.54, 1.807) is 11.3 Å². The Morgan fingerprint density at radius 3 is 2.64 bits per heavy atom. The van der Waals surface area contributed by atoms with Crippen molar-refractivity contribution in [2.75, 3.05) is 44.2 Å². The lowest BCUT2D eigenvalue weighted by molar-refractivity contribution is 0.0948. The lowest BCUT2D eigenvalue weighted by Gasteiger charge is -2.34. The second kappa shape index (κ2) is 8.59. The van der Waals surface area contributed by atoms with Crippen LogP contribution in [0.25, 0.3) is 10.2 Å². The fourth-order valence-corrected chi connectivity index (χ4v) is 4.89. The summed E-state index contributed by atoms with van der Waals surface area (Å²) in [6.07, 6.45) is 0. The third kappa shape index (κ3) is 4.54. The van der Waals surface area contributed by atoms with Crippen LogP contribution in [0.15, 0.2) is 46.9 Å². The minimum Gasteiger partial charge on any atom is -0.351 e. The van der Waals surface area contributed by atoms with E-state index in [0.29, 0.717) is 6.54 Å². The molecule has 4 rings (SSSR count). The quantitative estimate of drug-likeness (QED) is 0.629. The third-order valence-corrected chi connectivity index (χ3v) is 6.58. The Labute approximate surface area is 177 Å². The number of benzene rings is 2. The Morgan fingerprint density at radius 1 is 1.14 bits per heavy atom. The summed E-state index contributed by atoms with van der Waals surface area (Å²) in [5, 5.41) is 4.12. The summed E-state index contributed by atoms with van der Waals surface area (Å²) in [6.45, 7) is 7.47. The number of rotatable bonds is 5. The van der Waals surface area contributed by atoms with Gasteiger partial charge >= 0.3 is 0 Å². The molecule has 2 aromatic carbocycles. The van der Waals surface area contributed by atoms with Crippen molar-refractivity contribution in [2.24, 2.45) is 0 Å². The van der Waals surface area contributed by atoms with Gasteiger partial charge in [0.1, 0.15) is 0 Å². The zero-order chi connectivity index (χ0) is 19.5. The van der Waals surface area contributed by atoms with Crippen molar-refractivity contribution in [3.63, 3.8) is 0 Å². The maximum atomic E-state index is 12.2. The van der Waals surface area contributed by atoms with Gasteiger partial charge in [-0.1, -0.05) is 45.0 Å². The molecule has 1 aromatic heterocycles. The van der Waals surface area contributed by atoms with Crippen molar-refractivity contribution in [3.8, 4) is 0 Å². The Hall–Kier alpha value is -1.96. The van der Waals surface area contributed by atoms with E-state index in [9.17, 15) is 4.79 Å². The number of anilines is 1. The molecule has 1 fully saturated rings. The molecule has 28 heavy (non-hydrogen) atoms. The molecule has 1 N–H and O–H groups in total. The maximum Gasteiger partial charge on any atom is 0.251 e. The highest BCUT2D eigenvalue weighted by Gasteiger charge is 2.19. The zero-order valence-corrected chi connectivity index (χ0v) is 18.2. The normalized spacial score (nSPS) is 15.1. The molecule has 1 aliphatic rings. The minimum atomic E-state index is -0.000674. The van der Waals surface area contributed by atoms with Gasteiger partial charge in [-0.25, -0.2) is 4.98 Å². The number of piperazine rings is 1. The van der Waals surface area contributed by atoms with Crippen LogP contribution in [0.1, 0.15) is 15.9 Å². The van der Waals surface area contributed by atoms with Gasteiger partial charge in [0.15, 0.2) is 5.13 Å². The molecule has 1 aliphatic heterocycles. The van der Waals surface area contributed by atoms with Crippen molar-refractivity contribution in [3.05, 3.63) is 58.1 Å². The van der Waals surface area contributed by atoms with Crippen LogP contribution < -0.4 is 10.2 Å². The second-order valence-electron chi connectivity index (χ2n) is 7.06. The van der Waals surface area contributed by atoms with E-state index in [2.05, 4.69) is 43.2 Å². The minimum absolute atomic E-state index is 0.000674. The molecular formula is C21H23BrN4OS.